The molecule has 0 unspecified atom stereocenters. The van der Waals surface area contributed by atoms with Crippen LogP contribution in [0.2, 0.25) is 15.1 Å². The van der Waals surface area contributed by atoms with Crippen LogP contribution in [-0.2, 0) is 0 Å². The third-order valence-electron chi connectivity index (χ3n) is 1.72. The molecule has 1 aromatic carbocycles. The SMILES string of the molecule is Clc1cc(Cl)c(Oc2cccnn2)c(Cl)c1. The van der Waals surface area contributed by atoms with Gasteiger partial charge in [0, 0.05) is 17.3 Å². The highest BCUT2D eigenvalue weighted by Gasteiger charge is 2.10. The molecule has 0 radical (unpaired) electrons. The summed E-state index contributed by atoms with van der Waals surface area (Å²) in [4.78, 5) is 0. The molecule has 0 bridgehead atoms. The molecule has 0 spiro atoms. The van der Waals surface area contributed by atoms with E-state index in [1.54, 1.807) is 24.3 Å². The molecule has 0 saturated heterocycles. The number of hydrogen-bond donors (Lipinski definition) is 0. The maximum Gasteiger partial charge on any atom is 0.238 e. The van der Waals surface area contributed by atoms with Crippen molar-refractivity contribution in [3.8, 4) is 11.6 Å². The van der Waals surface area contributed by atoms with Gasteiger partial charge in [0.05, 0.1) is 10.0 Å². The van der Waals surface area contributed by atoms with Gasteiger partial charge in [0.1, 0.15) is 0 Å². The zero-order valence-corrected chi connectivity index (χ0v) is 10.1. The maximum atomic E-state index is 5.94. The largest absolute Gasteiger partial charge is 0.434 e. The van der Waals surface area contributed by atoms with E-state index in [9.17, 15) is 0 Å². The molecule has 0 saturated carbocycles. The lowest BCUT2D eigenvalue weighted by molar-refractivity contribution is 0.455. The number of nitrogens with zero attached hydrogens (tertiary/aromatic N) is 2. The van der Waals surface area contributed by atoms with Gasteiger partial charge >= 0.3 is 0 Å². The van der Waals surface area contributed by atoms with Crippen molar-refractivity contribution in [3.63, 3.8) is 0 Å². The molecule has 1 aromatic heterocycles. The molecule has 6 heteroatoms. The van der Waals surface area contributed by atoms with E-state index in [1.165, 1.54) is 6.20 Å². The van der Waals surface area contributed by atoms with Crippen molar-refractivity contribution in [3.05, 3.63) is 45.5 Å². The highest BCUT2D eigenvalue weighted by molar-refractivity contribution is 6.40. The molecular formula is C10H5Cl3N2O. The van der Waals surface area contributed by atoms with Gasteiger partial charge in [-0.05, 0) is 18.2 Å². The second-order valence-electron chi connectivity index (χ2n) is 2.86. The van der Waals surface area contributed by atoms with Gasteiger partial charge in [-0.2, -0.15) is 5.10 Å². The number of ether oxygens (including phenoxy) is 1. The van der Waals surface area contributed by atoms with Gasteiger partial charge in [-0.15, -0.1) is 5.10 Å². The molecule has 0 fully saturated rings. The Labute approximate surface area is 107 Å². The number of rotatable bonds is 2. The van der Waals surface area contributed by atoms with Gasteiger partial charge in [0.25, 0.3) is 0 Å². The maximum absolute atomic E-state index is 5.94. The summed E-state index contributed by atoms with van der Waals surface area (Å²) >= 11 is 17.7. The van der Waals surface area contributed by atoms with E-state index in [4.69, 9.17) is 39.5 Å². The first kappa shape index (κ1) is 11.5. The summed E-state index contributed by atoms with van der Waals surface area (Å²) in [5.74, 6) is 0.627. The smallest absolute Gasteiger partial charge is 0.238 e. The average molecular weight is 276 g/mol. The molecule has 2 aromatic rings. The minimum atomic E-state index is 0.313. The summed E-state index contributed by atoms with van der Waals surface area (Å²) in [5, 5.41) is 8.52. The lowest BCUT2D eigenvalue weighted by Crippen LogP contribution is -1.90. The summed E-state index contributed by atoms with van der Waals surface area (Å²) in [6.45, 7) is 0. The van der Waals surface area contributed by atoms with Crippen LogP contribution in [-0.4, -0.2) is 10.2 Å². The zero-order valence-electron chi connectivity index (χ0n) is 7.82. The third kappa shape index (κ3) is 2.55. The predicted molar refractivity (Wildman–Crippen MR) is 63.6 cm³/mol. The van der Waals surface area contributed by atoms with E-state index >= 15 is 0 Å². The van der Waals surface area contributed by atoms with Crippen molar-refractivity contribution in [1.82, 2.24) is 10.2 Å². The number of aromatic nitrogens is 2. The van der Waals surface area contributed by atoms with Crippen LogP contribution in [0.4, 0.5) is 0 Å². The van der Waals surface area contributed by atoms with Crippen molar-refractivity contribution in [2.75, 3.05) is 0 Å². The van der Waals surface area contributed by atoms with E-state index in [0.717, 1.165) is 0 Å². The van der Waals surface area contributed by atoms with Crippen molar-refractivity contribution < 1.29 is 4.74 Å². The minimum absolute atomic E-state index is 0.313. The fourth-order valence-electron chi connectivity index (χ4n) is 1.07. The topological polar surface area (TPSA) is 35.0 Å². The molecule has 0 aliphatic heterocycles. The first-order valence-corrected chi connectivity index (χ1v) is 5.40. The predicted octanol–water partition coefficient (Wildman–Crippen LogP) is 4.23. The Kier molecular flexibility index (Phi) is 3.49. The first-order chi connectivity index (χ1) is 7.66. The van der Waals surface area contributed by atoms with Gasteiger partial charge in [-0.3, -0.25) is 0 Å². The van der Waals surface area contributed by atoms with E-state index < -0.39 is 0 Å². The monoisotopic (exact) mass is 274 g/mol. The molecule has 0 amide bonds. The second-order valence-corrected chi connectivity index (χ2v) is 4.11. The van der Waals surface area contributed by atoms with Crippen LogP contribution in [0.3, 0.4) is 0 Å². The molecule has 0 N–H and O–H groups in total. The molecular weight excluding hydrogens is 270 g/mol. The number of halogens is 3. The van der Waals surface area contributed by atoms with Gasteiger partial charge < -0.3 is 4.74 Å². The Morgan fingerprint density at radius 3 is 2.31 bits per heavy atom. The lowest BCUT2D eigenvalue weighted by Gasteiger charge is -2.08. The zero-order chi connectivity index (χ0) is 11.5. The third-order valence-corrected chi connectivity index (χ3v) is 2.50. The van der Waals surface area contributed by atoms with Crippen molar-refractivity contribution in [2.45, 2.75) is 0 Å². The van der Waals surface area contributed by atoms with Crippen LogP contribution in [0.15, 0.2) is 30.5 Å². The molecule has 0 aliphatic carbocycles. The lowest BCUT2D eigenvalue weighted by atomic mass is 10.3. The number of benzene rings is 1. The standard InChI is InChI=1S/C10H5Cl3N2O/c11-6-4-7(12)10(8(13)5-6)16-9-2-1-3-14-15-9/h1-5H. The quantitative estimate of drug-likeness (QED) is 0.822. The summed E-state index contributed by atoms with van der Waals surface area (Å²) in [5.41, 5.74) is 0. The molecule has 2 rings (SSSR count). The minimum Gasteiger partial charge on any atom is -0.434 e. The Morgan fingerprint density at radius 2 is 1.75 bits per heavy atom. The fraction of sp³-hybridized carbons (Fsp3) is 0. The van der Waals surface area contributed by atoms with Gasteiger partial charge in [0.2, 0.25) is 5.88 Å². The van der Waals surface area contributed by atoms with Crippen LogP contribution in [0.1, 0.15) is 0 Å². The second kappa shape index (κ2) is 4.87. The van der Waals surface area contributed by atoms with Crippen molar-refractivity contribution >= 4 is 34.8 Å². The van der Waals surface area contributed by atoms with Crippen LogP contribution in [0, 0.1) is 0 Å². The van der Waals surface area contributed by atoms with Crippen molar-refractivity contribution in [2.24, 2.45) is 0 Å². The van der Waals surface area contributed by atoms with Crippen LogP contribution in [0.5, 0.6) is 11.6 Å². The fourth-order valence-corrected chi connectivity index (χ4v) is 1.97. The Morgan fingerprint density at radius 1 is 1.06 bits per heavy atom. The molecule has 3 nitrogen and oxygen atoms in total. The molecule has 1 heterocycles. The first-order valence-electron chi connectivity index (χ1n) is 4.27. The highest BCUT2D eigenvalue weighted by Crippen LogP contribution is 2.37. The van der Waals surface area contributed by atoms with E-state index in [-0.39, 0.29) is 0 Å². The molecule has 0 atom stereocenters. The Bertz CT molecular complexity index is 482. The molecule has 16 heavy (non-hydrogen) atoms. The van der Waals surface area contributed by atoms with Gasteiger partial charge in [-0.25, -0.2) is 0 Å². The van der Waals surface area contributed by atoms with E-state index in [2.05, 4.69) is 10.2 Å². The summed E-state index contributed by atoms with van der Waals surface area (Å²) in [6, 6.07) is 6.43. The molecule has 82 valence electrons. The van der Waals surface area contributed by atoms with E-state index in [1.807, 2.05) is 0 Å². The summed E-state index contributed by atoms with van der Waals surface area (Å²) < 4.78 is 5.40. The van der Waals surface area contributed by atoms with Crippen molar-refractivity contribution in [1.29, 1.82) is 0 Å². The summed E-state index contributed by atoms with van der Waals surface area (Å²) in [6.07, 6.45) is 1.54. The normalized spacial score (nSPS) is 10.2. The summed E-state index contributed by atoms with van der Waals surface area (Å²) in [7, 11) is 0. The Hall–Kier alpha value is -1.03. The highest BCUT2D eigenvalue weighted by atomic mass is 35.5. The van der Waals surface area contributed by atoms with Gasteiger partial charge in [-0.1, -0.05) is 34.8 Å². The van der Waals surface area contributed by atoms with Crippen LogP contribution in [0.25, 0.3) is 0 Å². The molecule has 0 aliphatic rings. The Balaban J connectivity index is 2.35. The van der Waals surface area contributed by atoms with Crippen LogP contribution >= 0.6 is 34.8 Å². The number of hydrogen-bond acceptors (Lipinski definition) is 3. The van der Waals surface area contributed by atoms with Gasteiger partial charge in [0.15, 0.2) is 5.75 Å². The average Bonchev–Trinajstić information content (AvgIpc) is 2.25. The van der Waals surface area contributed by atoms with E-state index in [0.29, 0.717) is 26.7 Å². The van der Waals surface area contributed by atoms with Crippen LogP contribution < -0.4 is 4.74 Å².